The van der Waals surface area contributed by atoms with Crippen LogP contribution in [0, 0.1) is 39.9 Å². The molecule has 0 saturated heterocycles. The molecule has 7 atom stereocenters. The molecule has 1 aromatic carbocycles. The van der Waals surface area contributed by atoms with E-state index < -0.39 is 0 Å². The summed E-state index contributed by atoms with van der Waals surface area (Å²) in [6.07, 6.45) is 12.0. The summed E-state index contributed by atoms with van der Waals surface area (Å²) in [5.74, 6) is 3.35. The fourth-order valence-electron chi connectivity index (χ4n) is 8.51. The lowest BCUT2D eigenvalue weighted by atomic mass is 9.46. The molecule has 0 spiro atoms. The molecule has 2 saturated carbocycles. The maximum Gasteiger partial charge on any atom is 0.119 e. The third-order valence-corrected chi connectivity index (χ3v) is 10.4. The van der Waals surface area contributed by atoms with E-state index in [4.69, 9.17) is 4.74 Å². The van der Waals surface area contributed by atoms with Gasteiger partial charge in [0.05, 0.1) is 12.7 Å². The topological polar surface area (TPSA) is 29.5 Å². The fraction of sp³-hybridized carbons (Fsp3) is 0.667. The van der Waals surface area contributed by atoms with Crippen LogP contribution in [0.15, 0.2) is 53.6 Å². The van der Waals surface area contributed by atoms with Crippen LogP contribution in [0.3, 0.4) is 0 Å². The smallest absolute Gasteiger partial charge is 0.119 e. The second kappa shape index (κ2) is 7.76. The highest BCUT2D eigenvalue weighted by molar-refractivity contribution is 5.42. The third-order valence-electron chi connectivity index (χ3n) is 10.4. The highest BCUT2D eigenvalue weighted by Crippen LogP contribution is 2.66. The molecule has 0 amide bonds. The number of allylic oxidation sites excluding steroid dienone is 4. The van der Waals surface area contributed by atoms with E-state index in [1.807, 2.05) is 6.07 Å². The molecular weight excluding hydrogens is 392 g/mol. The lowest BCUT2D eigenvalue weighted by Gasteiger charge is -2.59. The highest BCUT2D eigenvalue weighted by Gasteiger charge is 2.58. The van der Waals surface area contributed by atoms with Gasteiger partial charge in [-0.25, -0.2) is 0 Å². The van der Waals surface area contributed by atoms with Crippen molar-refractivity contribution in [3.05, 3.63) is 53.6 Å². The van der Waals surface area contributed by atoms with Gasteiger partial charge in [0.25, 0.3) is 0 Å². The summed E-state index contributed by atoms with van der Waals surface area (Å²) in [5.41, 5.74) is 3.97. The van der Waals surface area contributed by atoms with Crippen LogP contribution in [0.4, 0.5) is 0 Å². The molecule has 0 bridgehead atoms. The van der Waals surface area contributed by atoms with Gasteiger partial charge < -0.3 is 9.84 Å². The molecule has 2 nitrogen and oxygen atoms in total. The Morgan fingerprint density at radius 3 is 2.53 bits per heavy atom. The summed E-state index contributed by atoms with van der Waals surface area (Å²) < 4.78 is 6.18. The first-order valence-corrected chi connectivity index (χ1v) is 13.0. The first-order valence-electron chi connectivity index (χ1n) is 13.0. The van der Waals surface area contributed by atoms with E-state index in [-0.39, 0.29) is 16.9 Å². The first-order chi connectivity index (χ1) is 15.2. The van der Waals surface area contributed by atoms with E-state index in [0.717, 1.165) is 25.2 Å². The molecule has 3 unspecified atom stereocenters. The summed E-state index contributed by atoms with van der Waals surface area (Å²) in [4.78, 5) is 0. The number of aliphatic hydroxyl groups excluding tert-OH is 1. The van der Waals surface area contributed by atoms with Gasteiger partial charge in [-0.15, -0.1) is 0 Å². The van der Waals surface area contributed by atoms with Crippen molar-refractivity contribution in [1.82, 2.24) is 0 Å². The molecule has 0 heterocycles. The minimum Gasteiger partial charge on any atom is -0.493 e. The Bertz CT molecular complexity index is 912. The number of ether oxygens (including phenoxy) is 1. The zero-order chi connectivity index (χ0) is 22.7. The minimum atomic E-state index is -0.186. The predicted octanol–water partition coefficient (Wildman–Crippen LogP) is 7.20. The molecule has 4 aliphatic carbocycles. The number of para-hydroxylation sites is 1. The van der Waals surface area contributed by atoms with Crippen molar-refractivity contribution in [3.63, 3.8) is 0 Å². The van der Waals surface area contributed by atoms with Crippen molar-refractivity contribution in [3.8, 4) is 5.75 Å². The number of fused-ring (bicyclic) bond motifs is 4. The van der Waals surface area contributed by atoms with E-state index in [1.165, 1.54) is 25.7 Å². The Morgan fingerprint density at radius 2 is 1.78 bits per heavy atom. The van der Waals surface area contributed by atoms with Crippen LogP contribution in [0.2, 0.25) is 0 Å². The molecule has 1 aromatic rings. The molecule has 1 N–H and O–H groups in total. The zero-order valence-electron chi connectivity index (χ0n) is 20.7. The number of hydrogen-bond donors (Lipinski definition) is 1. The normalized spacial score (nSPS) is 40.9. The van der Waals surface area contributed by atoms with E-state index >= 15 is 0 Å². The van der Waals surface area contributed by atoms with Gasteiger partial charge in [-0.05, 0) is 96.1 Å². The Labute approximate surface area is 195 Å². The van der Waals surface area contributed by atoms with Gasteiger partial charge in [-0.1, -0.05) is 70.5 Å². The second-order valence-corrected chi connectivity index (χ2v) is 12.4. The fourth-order valence-corrected chi connectivity index (χ4v) is 8.51. The summed E-state index contributed by atoms with van der Waals surface area (Å²) in [6, 6.07) is 10.3. The van der Waals surface area contributed by atoms with Crippen LogP contribution < -0.4 is 4.74 Å². The van der Waals surface area contributed by atoms with Crippen molar-refractivity contribution >= 4 is 0 Å². The van der Waals surface area contributed by atoms with Gasteiger partial charge in [0.15, 0.2) is 0 Å². The Kier molecular flexibility index (Phi) is 5.40. The lowest BCUT2D eigenvalue weighted by molar-refractivity contribution is -0.0977. The predicted molar refractivity (Wildman–Crippen MR) is 131 cm³/mol. The third kappa shape index (κ3) is 3.23. The van der Waals surface area contributed by atoms with E-state index in [9.17, 15) is 5.11 Å². The molecule has 4 aliphatic rings. The van der Waals surface area contributed by atoms with Crippen molar-refractivity contribution in [2.45, 2.75) is 79.2 Å². The average Bonchev–Trinajstić information content (AvgIpc) is 3.13. The van der Waals surface area contributed by atoms with Crippen molar-refractivity contribution < 1.29 is 9.84 Å². The standard InChI is InChI=1S/C30H42O2/c1-20(19-32-21-9-7-6-8-10-21)23-12-13-24-22-11-14-26-28(2,3)27(31)16-18-30(26,5)25(22)15-17-29(23,24)4/h6-11,14,20,23,25-27,31H,12-13,15-19H2,1-5H3/t20?,23-,25+,26?,27?,29-,30-/m1/s1. The van der Waals surface area contributed by atoms with Crippen LogP contribution in [0.5, 0.6) is 5.75 Å². The molecule has 0 aliphatic heterocycles. The molecule has 5 rings (SSSR count). The van der Waals surface area contributed by atoms with Crippen molar-refractivity contribution in [2.75, 3.05) is 6.61 Å². The van der Waals surface area contributed by atoms with Crippen molar-refractivity contribution in [1.29, 1.82) is 0 Å². The van der Waals surface area contributed by atoms with Gasteiger partial charge in [-0.2, -0.15) is 0 Å². The summed E-state index contributed by atoms with van der Waals surface area (Å²) in [6.45, 7) is 12.9. The number of aliphatic hydroxyl groups is 1. The zero-order valence-corrected chi connectivity index (χ0v) is 20.7. The molecule has 32 heavy (non-hydrogen) atoms. The molecular formula is C30H42O2. The van der Waals surface area contributed by atoms with Crippen LogP contribution in [0.1, 0.15) is 73.1 Å². The molecule has 174 valence electrons. The second-order valence-electron chi connectivity index (χ2n) is 12.4. The van der Waals surface area contributed by atoms with Crippen LogP contribution >= 0.6 is 0 Å². The average molecular weight is 435 g/mol. The van der Waals surface area contributed by atoms with Gasteiger partial charge in [0, 0.05) is 0 Å². The summed E-state index contributed by atoms with van der Waals surface area (Å²) in [7, 11) is 0. The molecule has 0 aromatic heterocycles. The maximum absolute atomic E-state index is 10.7. The SMILES string of the molecule is CC(COc1ccccc1)[C@H]1CCC2=C3C=CC4C(C)(C)C(O)CC[C@]4(C)[C@H]3CC[C@@]21C. The Morgan fingerprint density at radius 1 is 1.03 bits per heavy atom. The largest absolute Gasteiger partial charge is 0.493 e. The molecule has 0 radical (unpaired) electrons. The Balaban J connectivity index is 1.41. The van der Waals surface area contributed by atoms with Gasteiger partial charge in [0.2, 0.25) is 0 Å². The van der Waals surface area contributed by atoms with Crippen LogP contribution in [-0.4, -0.2) is 17.8 Å². The maximum atomic E-state index is 10.7. The van der Waals surface area contributed by atoms with E-state index in [0.29, 0.717) is 29.1 Å². The van der Waals surface area contributed by atoms with Gasteiger partial charge in [-0.3, -0.25) is 0 Å². The summed E-state index contributed by atoms with van der Waals surface area (Å²) in [5, 5.41) is 10.7. The minimum absolute atomic E-state index is 0.0397. The number of benzene rings is 1. The Hall–Kier alpha value is -1.54. The van der Waals surface area contributed by atoms with Crippen molar-refractivity contribution in [2.24, 2.45) is 39.9 Å². The highest BCUT2D eigenvalue weighted by atomic mass is 16.5. The van der Waals surface area contributed by atoms with Crippen LogP contribution in [0.25, 0.3) is 0 Å². The van der Waals surface area contributed by atoms with E-state index in [1.54, 1.807) is 11.1 Å². The molecule has 2 fully saturated rings. The monoisotopic (exact) mass is 434 g/mol. The summed E-state index contributed by atoms with van der Waals surface area (Å²) >= 11 is 0. The van der Waals surface area contributed by atoms with Gasteiger partial charge in [0.1, 0.15) is 5.75 Å². The lowest BCUT2D eigenvalue weighted by Crippen LogP contribution is -2.54. The number of hydrogen-bond acceptors (Lipinski definition) is 2. The molecule has 2 heteroatoms. The van der Waals surface area contributed by atoms with E-state index in [2.05, 4.69) is 71.0 Å². The first kappa shape index (κ1) is 22.3. The number of rotatable bonds is 4. The quantitative estimate of drug-likeness (QED) is 0.543. The van der Waals surface area contributed by atoms with Crippen LogP contribution in [-0.2, 0) is 0 Å². The van der Waals surface area contributed by atoms with Gasteiger partial charge >= 0.3 is 0 Å².